The van der Waals surface area contributed by atoms with E-state index in [1.807, 2.05) is 12.1 Å². The number of rotatable bonds is 4. The van der Waals surface area contributed by atoms with Crippen LogP contribution in [0.3, 0.4) is 0 Å². The van der Waals surface area contributed by atoms with Crippen molar-refractivity contribution in [2.75, 3.05) is 0 Å². The number of Topliss-reactive ketones (excluding diaryl/α,β-unsaturated/α-hetero) is 2. The van der Waals surface area contributed by atoms with Gasteiger partial charge >= 0.3 is 0 Å². The van der Waals surface area contributed by atoms with Crippen LogP contribution in [0.5, 0.6) is 5.75 Å². The Balaban J connectivity index is 1.56. The van der Waals surface area contributed by atoms with Gasteiger partial charge in [-0.1, -0.05) is 74.6 Å². The summed E-state index contributed by atoms with van der Waals surface area (Å²) < 4.78 is 12.3. The van der Waals surface area contributed by atoms with E-state index < -0.39 is 5.92 Å². The van der Waals surface area contributed by atoms with Crippen molar-refractivity contribution in [1.29, 1.82) is 0 Å². The van der Waals surface area contributed by atoms with Crippen molar-refractivity contribution in [3.63, 3.8) is 0 Å². The van der Waals surface area contributed by atoms with Crippen molar-refractivity contribution in [1.82, 2.24) is 0 Å². The second-order valence-electron chi connectivity index (χ2n) is 11.8. The Morgan fingerprint density at radius 2 is 1.30 bits per heavy atom. The Morgan fingerprint density at radius 1 is 0.811 bits per heavy atom. The number of carbonyl (C=O) groups excluding carboxylic acids is 2. The summed E-state index contributed by atoms with van der Waals surface area (Å²) >= 11 is 19.4. The van der Waals surface area contributed by atoms with Crippen LogP contribution in [-0.2, 0) is 20.9 Å². The maximum absolute atomic E-state index is 13.5. The minimum Gasteiger partial charge on any atom is -0.486 e. The van der Waals surface area contributed by atoms with E-state index in [9.17, 15) is 9.59 Å². The lowest BCUT2D eigenvalue weighted by atomic mass is 9.65. The summed E-state index contributed by atoms with van der Waals surface area (Å²) in [6, 6.07) is 10.8. The Kier molecular flexibility index (Phi) is 6.75. The van der Waals surface area contributed by atoms with E-state index in [-0.39, 0.29) is 29.0 Å². The number of allylic oxidation sites excluding steroid dienone is 4. The fourth-order valence-electron chi connectivity index (χ4n) is 5.63. The van der Waals surface area contributed by atoms with Crippen molar-refractivity contribution in [2.24, 2.45) is 10.8 Å². The molecule has 0 fully saturated rings. The molecule has 2 aromatic carbocycles. The van der Waals surface area contributed by atoms with Gasteiger partial charge < -0.3 is 9.47 Å². The van der Waals surface area contributed by atoms with Crippen LogP contribution in [0.1, 0.15) is 70.4 Å². The number of ketones is 2. The molecule has 0 N–H and O–H groups in total. The molecule has 0 bridgehead atoms. The Morgan fingerprint density at radius 3 is 1.78 bits per heavy atom. The Labute approximate surface area is 232 Å². The van der Waals surface area contributed by atoms with Gasteiger partial charge in [0.1, 0.15) is 18.1 Å². The number of hydrogen-bond donors (Lipinski definition) is 0. The first kappa shape index (κ1) is 26.3. The Hall–Kier alpha value is -2.27. The molecule has 2 aromatic rings. The zero-order valence-electron chi connectivity index (χ0n) is 21.3. The Bertz CT molecular complexity index is 1290. The predicted molar refractivity (Wildman–Crippen MR) is 146 cm³/mol. The van der Waals surface area contributed by atoms with Crippen LogP contribution in [-0.4, -0.2) is 11.6 Å². The van der Waals surface area contributed by atoms with E-state index in [4.69, 9.17) is 44.3 Å². The van der Waals surface area contributed by atoms with Gasteiger partial charge in [-0.3, -0.25) is 9.59 Å². The fraction of sp³-hybridized carbons (Fsp3) is 0.400. The molecule has 5 rings (SSSR count). The fourth-order valence-corrected chi connectivity index (χ4v) is 6.37. The third-order valence-electron chi connectivity index (χ3n) is 7.23. The van der Waals surface area contributed by atoms with Crippen molar-refractivity contribution in [2.45, 2.75) is 65.9 Å². The van der Waals surface area contributed by atoms with E-state index in [2.05, 4.69) is 27.7 Å². The zero-order valence-corrected chi connectivity index (χ0v) is 23.6. The highest BCUT2D eigenvalue weighted by atomic mass is 35.5. The normalized spacial score (nSPS) is 20.9. The summed E-state index contributed by atoms with van der Waals surface area (Å²) in [6.07, 6.45) is 2.02. The molecule has 0 spiro atoms. The number of benzene rings is 2. The molecule has 0 unspecified atom stereocenters. The lowest BCUT2D eigenvalue weighted by molar-refractivity contribution is -0.120. The average Bonchev–Trinajstić information content (AvgIpc) is 2.76. The molecule has 0 amide bonds. The van der Waals surface area contributed by atoms with Gasteiger partial charge in [-0.05, 0) is 46.2 Å². The standard InChI is InChI=1S/C30H29Cl3O4/c1-29(2)11-21(34)26-23(13-29)37-24-14-30(3,4)12-22(35)27(24)25(26)17-9-19(32)28(20(33)10-17)36-15-16-5-7-18(31)8-6-16/h5-10,25H,11-15H2,1-4H3. The second-order valence-corrected chi connectivity index (χ2v) is 13.1. The average molecular weight is 560 g/mol. The minimum atomic E-state index is -0.564. The maximum atomic E-state index is 13.5. The number of carbonyl (C=O) groups is 2. The van der Waals surface area contributed by atoms with Gasteiger partial charge in [-0.25, -0.2) is 0 Å². The van der Waals surface area contributed by atoms with Crippen molar-refractivity contribution < 1.29 is 19.1 Å². The minimum absolute atomic E-state index is 0.00394. The van der Waals surface area contributed by atoms with Crippen molar-refractivity contribution >= 4 is 46.4 Å². The quantitative estimate of drug-likeness (QED) is 0.376. The molecule has 0 radical (unpaired) electrons. The molecule has 37 heavy (non-hydrogen) atoms. The molecule has 1 heterocycles. The van der Waals surface area contributed by atoms with E-state index in [1.165, 1.54) is 0 Å². The molecular formula is C30H29Cl3O4. The van der Waals surface area contributed by atoms with Gasteiger partial charge in [0, 0.05) is 47.8 Å². The topological polar surface area (TPSA) is 52.6 Å². The highest BCUT2D eigenvalue weighted by Gasteiger charge is 2.48. The van der Waals surface area contributed by atoms with E-state index in [0.717, 1.165) is 5.56 Å². The zero-order chi connectivity index (χ0) is 26.7. The van der Waals surface area contributed by atoms with E-state index in [1.54, 1.807) is 24.3 Å². The first-order chi connectivity index (χ1) is 17.3. The molecule has 194 valence electrons. The number of halogens is 3. The monoisotopic (exact) mass is 558 g/mol. The molecule has 0 saturated heterocycles. The molecule has 1 aliphatic heterocycles. The maximum Gasteiger partial charge on any atom is 0.163 e. The van der Waals surface area contributed by atoms with Crippen LogP contribution in [0.25, 0.3) is 0 Å². The molecule has 3 aliphatic rings. The number of ether oxygens (including phenoxy) is 2. The van der Waals surface area contributed by atoms with Crippen molar-refractivity contribution in [3.05, 3.63) is 85.3 Å². The molecule has 0 aromatic heterocycles. The van der Waals surface area contributed by atoms with Gasteiger partial charge in [-0.2, -0.15) is 0 Å². The van der Waals surface area contributed by atoms with Crippen LogP contribution >= 0.6 is 34.8 Å². The lowest BCUT2D eigenvalue weighted by Crippen LogP contribution is -2.37. The smallest absolute Gasteiger partial charge is 0.163 e. The van der Waals surface area contributed by atoms with Crippen LogP contribution < -0.4 is 4.74 Å². The van der Waals surface area contributed by atoms with Gasteiger partial charge in [0.2, 0.25) is 0 Å². The van der Waals surface area contributed by atoms with Gasteiger partial charge in [0.25, 0.3) is 0 Å². The summed E-state index contributed by atoms with van der Waals surface area (Å²) in [5.41, 5.74) is 2.27. The summed E-state index contributed by atoms with van der Waals surface area (Å²) in [4.78, 5) is 27.0. The highest BCUT2D eigenvalue weighted by Crippen LogP contribution is 2.54. The van der Waals surface area contributed by atoms with Crippen molar-refractivity contribution in [3.8, 4) is 5.75 Å². The van der Waals surface area contributed by atoms with Crippen LogP contribution in [0.2, 0.25) is 15.1 Å². The number of hydrogen-bond acceptors (Lipinski definition) is 4. The summed E-state index contributed by atoms with van der Waals surface area (Å²) in [7, 11) is 0. The predicted octanol–water partition coefficient (Wildman–Crippen LogP) is 8.63. The van der Waals surface area contributed by atoms with E-state index in [0.29, 0.717) is 74.7 Å². The first-order valence-corrected chi connectivity index (χ1v) is 13.5. The van der Waals surface area contributed by atoms with Crippen LogP contribution in [0, 0.1) is 10.8 Å². The third kappa shape index (κ3) is 5.21. The molecule has 7 heteroatoms. The van der Waals surface area contributed by atoms with Crippen LogP contribution in [0.4, 0.5) is 0 Å². The first-order valence-electron chi connectivity index (χ1n) is 12.4. The third-order valence-corrected chi connectivity index (χ3v) is 8.05. The summed E-state index contributed by atoms with van der Waals surface area (Å²) in [5.74, 6) is 1.10. The van der Waals surface area contributed by atoms with Gasteiger partial charge in [0.15, 0.2) is 17.3 Å². The van der Waals surface area contributed by atoms with Crippen LogP contribution in [0.15, 0.2) is 59.1 Å². The second kappa shape index (κ2) is 9.48. The summed E-state index contributed by atoms with van der Waals surface area (Å²) in [6.45, 7) is 8.51. The molecular weight excluding hydrogens is 531 g/mol. The molecule has 0 atom stereocenters. The van der Waals surface area contributed by atoms with E-state index >= 15 is 0 Å². The SMILES string of the molecule is CC1(C)CC(=O)C2=C(C1)OC1=C(C(=O)CC(C)(C)C1)C2c1cc(Cl)c(OCc2ccc(Cl)cc2)c(Cl)c1. The lowest BCUT2D eigenvalue weighted by Gasteiger charge is -2.42. The molecule has 4 nitrogen and oxygen atoms in total. The molecule has 0 saturated carbocycles. The highest BCUT2D eigenvalue weighted by molar-refractivity contribution is 6.37. The molecule has 2 aliphatic carbocycles. The largest absolute Gasteiger partial charge is 0.486 e. The summed E-state index contributed by atoms with van der Waals surface area (Å²) in [5, 5.41) is 1.28. The van der Waals surface area contributed by atoms with Gasteiger partial charge in [-0.15, -0.1) is 0 Å². The van der Waals surface area contributed by atoms with Gasteiger partial charge in [0.05, 0.1) is 10.0 Å².